The van der Waals surface area contributed by atoms with Crippen LogP contribution < -0.4 is 5.32 Å². The number of carboxylic acid groups (broad SMARTS) is 1. The minimum atomic E-state index is -0.903. The number of carbonyl (C=O) groups is 1. The van der Waals surface area contributed by atoms with Crippen LogP contribution in [0, 0.1) is 0 Å². The van der Waals surface area contributed by atoms with E-state index in [2.05, 4.69) is 15.3 Å². The molecule has 0 aliphatic heterocycles. The number of thioether (sulfide) groups is 1. The quantitative estimate of drug-likeness (QED) is 0.591. The van der Waals surface area contributed by atoms with Gasteiger partial charge < -0.3 is 10.4 Å². The lowest BCUT2D eigenvalue weighted by molar-refractivity contribution is -0.144. The van der Waals surface area contributed by atoms with E-state index in [1.807, 2.05) is 13.0 Å². The van der Waals surface area contributed by atoms with Gasteiger partial charge in [-0.2, -0.15) is 0 Å². The molecule has 0 amide bonds. The molecular weight excluding hydrogens is 238 g/mol. The van der Waals surface area contributed by atoms with Crippen molar-refractivity contribution in [2.45, 2.75) is 36.1 Å². The number of carboxylic acids is 1. The van der Waals surface area contributed by atoms with Gasteiger partial charge in [0.25, 0.3) is 0 Å². The number of hydrogen-bond acceptors (Lipinski definition) is 5. The van der Waals surface area contributed by atoms with Crippen molar-refractivity contribution in [3.05, 3.63) is 18.6 Å². The highest BCUT2D eigenvalue weighted by Gasteiger charge is 2.33. The number of aromatic nitrogens is 2. The molecule has 2 N–H and O–H groups in total. The highest BCUT2D eigenvalue weighted by Crippen LogP contribution is 2.26. The second kappa shape index (κ2) is 5.97. The average molecular weight is 255 g/mol. The van der Waals surface area contributed by atoms with Crippen LogP contribution in [0.2, 0.25) is 0 Å². The predicted octanol–water partition coefficient (Wildman–Crippen LogP) is 1.41. The maximum Gasteiger partial charge on any atom is 0.323 e. The molecule has 0 fully saturated rings. The second-order valence-corrected chi connectivity index (χ2v) is 5.53. The van der Waals surface area contributed by atoms with E-state index in [0.717, 1.165) is 5.03 Å². The van der Waals surface area contributed by atoms with E-state index in [0.29, 0.717) is 6.42 Å². The number of likely N-dealkylation sites (N-methyl/N-ethyl adjacent to an activating group) is 1. The molecule has 1 aromatic rings. The van der Waals surface area contributed by atoms with E-state index in [9.17, 15) is 4.79 Å². The summed E-state index contributed by atoms with van der Waals surface area (Å²) in [7, 11) is 1.66. The summed E-state index contributed by atoms with van der Waals surface area (Å²) < 4.78 is 0. The fraction of sp³-hybridized carbons (Fsp3) is 0.545. The summed E-state index contributed by atoms with van der Waals surface area (Å²) in [5.41, 5.74) is -0.903. The van der Waals surface area contributed by atoms with Crippen molar-refractivity contribution in [1.29, 1.82) is 0 Å². The lowest BCUT2D eigenvalue weighted by Crippen LogP contribution is -2.49. The standard InChI is InChI=1S/C11H17N3O2S/c1-8(6-11(2,12-3)10(15)16)17-9-4-5-13-7-14-9/h4-5,7-8,12H,6H2,1-3H3,(H,15,16). The first-order valence-electron chi connectivity index (χ1n) is 5.33. The van der Waals surface area contributed by atoms with Crippen LogP contribution in [-0.2, 0) is 4.79 Å². The number of nitrogens with zero attached hydrogens (tertiary/aromatic N) is 2. The van der Waals surface area contributed by atoms with Gasteiger partial charge in [-0.1, -0.05) is 6.92 Å². The first-order chi connectivity index (χ1) is 7.98. The van der Waals surface area contributed by atoms with Gasteiger partial charge in [0, 0.05) is 11.4 Å². The maximum atomic E-state index is 11.1. The van der Waals surface area contributed by atoms with Crippen LogP contribution in [0.5, 0.6) is 0 Å². The Hall–Kier alpha value is -1.14. The van der Waals surface area contributed by atoms with Crippen LogP contribution in [0.25, 0.3) is 0 Å². The number of rotatable bonds is 6. The van der Waals surface area contributed by atoms with Gasteiger partial charge >= 0.3 is 5.97 Å². The normalized spacial score (nSPS) is 16.2. The van der Waals surface area contributed by atoms with Gasteiger partial charge in [0.1, 0.15) is 11.9 Å². The molecule has 0 aliphatic rings. The molecule has 0 aromatic carbocycles. The Labute approximate surface area is 105 Å². The van der Waals surface area contributed by atoms with Gasteiger partial charge in [0.05, 0.1) is 5.03 Å². The molecule has 1 aromatic heterocycles. The Morgan fingerprint density at radius 1 is 1.71 bits per heavy atom. The molecule has 1 heterocycles. The van der Waals surface area contributed by atoms with E-state index in [4.69, 9.17) is 5.11 Å². The topological polar surface area (TPSA) is 75.1 Å². The van der Waals surface area contributed by atoms with E-state index in [-0.39, 0.29) is 5.25 Å². The summed E-state index contributed by atoms with van der Waals surface area (Å²) in [5.74, 6) is -0.838. The molecule has 5 nitrogen and oxygen atoms in total. The Morgan fingerprint density at radius 2 is 2.41 bits per heavy atom. The molecule has 94 valence electrons. The lowest BCUT2D eigenvalue weighted by atomic mass is 9.96. The summed E-state index contributed by atoms with van der Waals surface area (Å²) in [6.45, 7) is 3.68. The first-order valence-corrected chi connectivity index (χ1v) is 6.21. The number of nitrogens with one attached hydrogen (secondary N) is 1. The summed E-state index contributed by atoms with van der Waals surface area (Å²) in [4.78, 5) is 19.1. The van der Waals surface area contributed by atoms with Crippen molar-refractivity contribution in [3.8, 4) is 0 Å². The number of aliphatic carboxylic acids is 1. The Kier molecular flexibility index (Phi) is 4.89. The first kappa shape index (κ1) is 13.9. The Morgan fingerprint density at radius 3 is 2.88 bits per heavy atom. The second-order valence-electron chi connectivity index (χ2n) is 4.07. The molecule has 1 rings (SSSR count). The molecule has 0 aliphatic carbocycles. The Balaban J connectivity index is 2.60. The van der Waals surface area contributed by atoms with Crippen molar-refractivity contribution >= 4 is 17.7 Å². The van der Waals surface area contributed by atoms with Crippen LogP contribution in [0.4, 0.5) is 0 Å². The van der Waals surface area contributed by atoms with Crippen molar-refractivity contribution in [1.82, 2.24) is 15.3 Å². The highest BCUT2D eigenvalue weighted by molar-refractivity contribution is 7.99. The molecule has 6 heteroatoms. The fourth-order valence-electron chi connectivity index (χ4n) is 1.47. The van der Waals surface area contributed by atoms with E-state index >= 15 is 0 Å². The number of hydrogen-bond donors (Lipinski definition) is 2. The SMILES string of the molecule is CNC(C)(CC(C)Sc1ccncn1)C(=O)O. The van der Waals surface area contributed by atoms with Crippen molar-refractivity contribution in [2.24, 2.45) is 0 Å². The zero-order valence-electron chi connectivity index (χ0n) is 10.2. The molecule has 0 saturated heterocycles. The third-order valence-corrected chi connectivity index (χ3v) is 3.65. The molecule has 2 unspecified atom stereocenters. The van der Waals surface area contributed by atoms with E-state index < -0.39 is 11.5 Å². The van der Waals surface area contributed by atoms with Gasteiger partial charge in [-0.15, -0.1) is 11.8 Å². The predicted molar refractivity (Wildman–Crippen MR) is 67.1 cm³/mol. The zero-order valence-corrected chi connectivity index (χ0v) is 11.0. The van der Waals surface area contributed by atoms with E-state index in [1.165, 1.54) is 6.33 Å². The molecule has 0 spiro atoms. The third-order valence-electron chi connectivity index (χ3n) is 2.60. The van der Waals surface area contributed by atoms with Gasteiger partial charge in [0.15, 0.2) is 0 Å². The van der Waals surface area contributed by atoms with Gasteiger partial charge in [-0.25, -0.2) is 9.97 Å². The minimum Gasteiger partial charge on any atom is -0.480 e. The largest absolute Gasteiger partial charge is 0.480 e. The van der Waals surface area contributed by atoms with Crippen LogP contribution >= 0.6 is 11.8 Å². The molecule has 0 radical (unpaired) electrons. The molecule has 2 atom stereocenters. The minimum absolute atomic E-state index is 0.151. The van der Waals surface area contributed by atoms with Crippen LogP contribution in [0.15, 0.2) is 23.6 Å². The highest BCUT2D eigenvalue weighted by atomic mass is 32.2. The zero-order chi connectivity index (χ0) is 12.9. The van der Waals surface area contributed by atoms with Gasteiger partial charge in [-0.05, 0) is 26.5 Å². The van der Waals surface area contributed by atoms with Gasteiger partial charge in [-0.3, -0.25) is 4.79 Å². The van der Waals surface area contributed by atoms with E-state index in [1.54, 1.807) is 31.9 Å². The van der Waals surface area contributed by atoms with Gasteiger partial charge in [0.2, 0.25) is 0 Å². The molecule has 0 saturated carbocycles. The van der Waals surface area contributed by atoms with Crippen LogP contribution in [0.3, 0.4) is 0 Å². The summed E-state index contributed by atoms with van der Waals surface area (Å²) >= 11 is 1.55. The molecule has 0 bridgehead atoms. The lowest BCUT2D eigenvalue weighted by Gasteiger charge is -2.27. The summed E-state index contributed by atoms with van der Waals surface area (Å²) in [6, 6.07) is 1.82. The third kappa shape index (κ3) is 3.98. The van der Waals surface area contributed by atoms with Crippen LogP contribution in [-0.4, -0.2) is 38.9 Å². The maximum absolute atomic E-state index is 11.1. The Bertz CT molecular complexity index is 374. The molecule has 17 heavy (non-hydrogen) atoms. The smallest absolute Gasteiger partial charge is 0.323 e. The van der Waals surface area contributed by atoms with Crippen molar-refractivity contribution in [3.63, 3.8) is 0 Å². The van der Waals surface area contributed by atoms with Crippen molar-refractivity contribution < 1.29 is 9.90 Å². The summed E-state index contributed by atoms with van der Waals surface area (Å²) in [5, 5.41) is 13.0. The van der Waals surface area contributed by atoms with Crippen molar-refractivity contribution in [2.75, 3.05) is 7.05 Å². The fourth-order valence-corrected chi connectivity index (χ4v) is 2.54. The molecular formula is C11H17N3O2S. The average Bonchev–Trinajstić information content (AvgIpc) is 2.29. The van der Waals surface area contributed by atoms with Crippen LogP contribution in [0.1, 0.15) is 20.3 Å². The summed E-state index contributed by atoms with van der Waals surface area (Å²) in [6.07, 6.45) is 3.69. The monoisotopic (exact) mass is 255 g/mol.